The van der Waals surface area contributed by atoms with E-state index in [1.165, 1.54) is 18.5 Å². The van der Waals surface area contributed by atoms with Gasteiger partial charge in [-0.05, 0) is 18.2 Å². The van der Waals surface area contributed by atoms with E-state index in [-0.39, 0.29) is 11.5 Å². The molecule has 0 saturated heterocycles. The number of alkyl halides is 6. The number of hydrogen-bond acceptors (Lipinski definition) is 5. The summed E-state index contributed by atoms with van der Waals surface area (Å²) < 4.78 is 83.0. The molecule has 0 fully saturated rings. The highest BCUT2D eigenvalue weighted by Gasteiger charge is 2.38. The second-order valence-corrected chi connectivity index (χ2v) is 4.71. The SMILES string of the molecule is FC(F)(F)c1ncn(-c2ccc(C3=NNC=CO3)cc2C(F)(F)F)n1. The predicted octanol–water partition coefficient (Wildman–Crippen LogP) is 3.06. The van der Waals surface area contributed by atoms with E-state index in [1.807, 2.05) is 0 Å². The van der Waals surface area contributed by atoms with Gasteiger partial charge in [0.05, 0.1) is 17.5 Å². The van der Waals surface area contributed by atoms with Gasteiger partial charge in [-0.15, -0.1) is 10.2 Å². The summed E-state index contributed by atoms with van der Waals surface area (Å²) in [5.74, 6) is -1.67. The van der Waals surface area contributed by atoms with E-state index >= 15 is 0 Å². The Morgan fingerprint density at radius 2 is 1.80 bits per heavy atom. The minimum absolute atomic E-state index is 0.0240. The average Bonchev–Trinajstić information content (AvgIpc) is 3.04. The second-order valence-electron chi connectivity index (χ2n) is 4.71. The molecule has 6 nitrogen and oxygen atoms in total. The normalized spacial score (nSPS) is 14.7. The molecule has 0 unspecified atom stereocenters. The van der Waals surface area contributed by atoms with Crippen LogP contribution in [0.25, 0.3) is 5.69 Å². The first kappa shape index (κ1) is 16.8. The largest absolute Gasteiger partial charge is 0.453 e. The summed E-state index contributed by atoms with van der Waals surface area (Å²) in [4.78, 5) is 2.99. The maximum absolute atomic E-state index is 13.3. The van der Waals surface area contributed by atoms with Crippen molar-refractivity contribution in [1.29, 1.82) is 0 Å². The fraction of sp³-hybridized carbons (Fsp3) is 0.154. The zero-order valence-corrected chi connectivity index (χ0v) is 11.9. The summed E-state index contributed by atoms with van der Waals surface area (Å²) in [5, 5.41) is 6.73. The van der Waals surface area contributed by atoms with E-state index in [0.717, 1.165) is 6.07 Å². The van der Waals surface area contributed by atoms with Gasteiger partial charge in [0.15, 0.2) is 0 Å². The molecule has 1 aliphatic heterocycles. The van der Waals surface area contributed by atoms with E-state index in [2.05, 4.69) is 20.6 Å². The van der Waals surface area contributed by atoms with Crippen LogP contribution >= 0.6 is 0 Å². The van der Waals surface area contributed by atoms with Gasteiger partial charge in [0.2, 0.25) is 5.90 Å². The Kier molecular flexibility index (Phi) is 3.89. The molecular formula is C13H7F6N5O. The van der Waals surface area contributed by atoms with Crippen molar-refractivity contribution < 1.29 is 31.1 Å². The van der Waals surface area contributed by atoms with Crippen LogP contribution in [0.1, 0.15) is 17.0 Å². The topological polar surface area (TPSA) is 64.3 Å². The van der Waals surface area contributed by atoms with E-state index in [1.54, 1.807) is 0 Å². The molecule has 1 N–H and O–H groups in total. The van der Waals surface area contributed by atoms with Crippen molar-refractivity contribution in [3.05, 3.63) is 53.9 Å². The summed E-state index contributed by atoms with van der Waals surface area (Å²) in [7, 11) is 0. The molecule has 1 aromatic heterocycles. The average molecular weight is 363 g/mol. The number of hydrazone groups is 1. The number of nitrogens with zero attached hydrogens (tertiary/aromatic N) is 4. The molecule has 3 rings (SSSR count). The fourth-order valence-electron chi connectivity index (χ4n) is 1.99. The molecule has 2 aromatic rings. The summed E-state index contributed by atoms with van der Waals surface area (Å²) >= 11 is 0. The quantitative estimate of drug-likeness (QED) is 0.833. The van der Waals surface area contributed by atoms with Crippen molar-refractivity contribution in [3.63, 3.8) is 0 Å². The molecule has 0 atom stereocenters. The van der Waals surface area contributed by atoms with Crippen LogP contribution in [0.3, 0.4) is 0 Å². The summed E-state index contributed by atoms with van der Waals surface area (Å²) in [5.41, 5.74) is 0.552. The zero-order valence-electron chi connectivity index (χ0n) is 11.9. The third kappa shape index (κ3) is 3.41. The lowest BCUT2D eigenvalue weighted by Crippen LogP contribution is -2.17. The number of rotatable bonds is 2. The standard InChI is InChI=1S/C13H7F6N5O/c14-12(15,16)8-5-7(10-22-21-3-4-25-10)1-2-9(8)24-6-20-11(23-24)13(17,18)19/h1-6,21H. The third-order valence-corrected chi connectivity index (χ3v) is 3.03. The number of benzene rings is 1. The number of nitrogens with one attached hydrogen (secondary N) is 1. The van der Waals surface area contributed by atoms with Crippen molar-refractivity contribution in [2.75, 3.05) is 0 Å². The minimum Gasteiger partial charge on any atom is -0.443 e. The second kappa shape index (κ2) is 5.79. The molecule has 25 heavy (non-hydrogen) atoms. The van der Waals surface area contributed by atoms with E-state index in [0.29, 0.717) is 17.1 Å². The molecule has 0 bridgehead atoms. The first-order valence-electron chi connectivity index (χ1n) is 6.52. The van der Waals surface area contributed by atoms with Crippen LogP contribution in [0.2, 0.25) is 0 Å². The van der Waals surface area contributed by atoms with Gasteiger partial charge in [-0.25, -0.2) is 9.67 Å². The molecule has 1 aromatic carbocycles. The Hall–Kier alpha value is -3.05. The van der Waals surface area contributed by atoms with Crippen LogP contribution < -0.4 is 5.43 Å². The zero-order chi connectivity index (χ0) is 18.2. The first-order chi connectivity index (χ1) is 11.7. The summed E-state index contributed by atoms with van der Waals surface area (Å²) in [6.07, 6.45) is -6.67. The molecule has 0 aliphatic carbocycles. The molecular weight excluding hydrogens is 356 g/mol. The monoisotopic (exact) mass is 363 g/mol. The number of ether oxygens (including phenoxy) is 1. The minimum atomic E-state index is -4.87. The Labute approximate surface area is 135 Å². The summed E-state index contributed by atoms with van der Waals surface area (Å²) in [6, 6.07) is 2.86. The Morgan fingerprint density at radius 3 is 2.36 bits per heavy atom. The maximum atomic E-state index is 13.3. The smallest absolute Gasteiger partial charge is 0.443 e. The van der Waals surface area contributed by atoms with Crippen LogP contribution in [0.15, 0.2) is 42.1 Å². The Bertz CT molecular complexity index is 851. The first-order valence-corrected chi connectivity index (χ1v) is 6.52. The van der Waals surface area contributed by atoms with Gasteiger partial charge in [0.1, 0.15) is 12.6 Å². The van der Waals surface area contributed by atoms with Gasteiger partial charge in [-0.1, -0.05) is 0 Å². The van der Waals surface area contributed by atoms with E-state index in [4.69, 9.17) is 4.74 Å². The van der Waals surface area contributed by atoms with Gasteiger partial charge in [0, 0.05) is 5.56 Å². The number of aromatic nitrogens is 3. The van der Waals surface area contributed by atoms with Crippen molar-refractivity contribution in [2.45, 2.75) is 12.4 Å². The molecule has 0 radical (unpaired) electrons. The Balaban J connectivity index is 2.07. The van der Waals surface area contributed by atoms with Gasteiger partial charge in [-0.3, -0.25) is 5.43 Å². The molecule has 0 amide bonds. The Morgan fingerprint density at radius 1 is 1.04 bits per heavy atom. The molecule has 0 saturated carbocycles. The lowest BCUT2D eigenvalue weighted by molar-refractivity contribution is -0.144. The molecule has 12 heteroatoms. The van der Waals surface area contributed by atoms with E-state index < -0.39 is 29.4 Å². The van der Waals surface area contributed by atoms with Crippen LogP contribution in [-0.4, -0.2) is 20.7 Å². The number of hydrogen-bond donors (Lipinski definition) is 1. The van der Waals surface area contributed by atoms with Crippen LogP contribution in [0, 0.1) is 0 Å². The van der Waals surface area contributed by atoms with Crippen LogP contribution in [0.5, 0.6) is 0 Å². The number of halogens is 6. The highest BCUT2D eigenvalue weighted by atomic mass is 19.4. The summed E-state index contributed by atoms with van der Waals surface area (Å²) in [6.45, 7) is 0. The van der Waals surface area contributed by atoms with Crippen molar-refractivity contribution in [2.24, 2.45) is 5.10 Å². The highest BCUT2D eigenvalue weighted by molar-refractivity contribution is 5.95. The highest BCUT2D eigenvalue weighted by Crippen LogP contribution is 2.35. The maximum Gasteiger partial charge on any atom is 0.453 e. The predicted molar refractivity (Wildman–Crippen MR) is 71.3 cm³/mol. The lowest BCUT2D eigenvalue weighted by atomic mass is 10.1. The van der Waals surface area contributed by atoms with Gasteiger partial charge in [-0.2, -0.15) is 26.3 Å². The van der Waals surface area contributed by atoms with Crippen molar-refractivity contribution in [1.82, 2.24) is 20.2 Å². The van der Waals surface area contributed by atoms with Crippen LogP contribution in [0.4, 0.5) is 26.3 Å². The molecule has 1 aliphatic rings. The van der Waals surface area contributed by atoms with E-state index in [9.17, 15) is 26.3 Å². The van der Waals surface area contributed by atoms with Gasteiger partial charge < -0.3 is 4.74 Å². The molecule has 132 valence electrons. The molecule has 0 spiro atoms. The van der Waals surface area contributed by atoms with Crippen LogP contribution in [-0.2, 0) is 17.1 Å². The van der Waals surface area contributed by atoms with Crippen molar-refractivity contribution >= 4 is 5.90 Å². The van der Waals surface area contributed by atoms with Gasteiger partial charge >= 0.3 is 12.4 Å². The fourth-order valence-corrected chi connectivity index (χ4v) is 1.99. The van der Waals surface area contributed by atoms with Crippen molar-refractivity contribution in [3.8, 4) is 5.69 Å². The lowest BCUT2D eigenvalue weighted by Gasteiger charge is -2.15. The van der Waals surface area contributed by atoms with Gasteiger partial charge in [0.25, 0.3) is 5.82 Å². The third-order valence-electron chi connectivity index (χ3n) is 3.03. The molecule has 2 heterocycles.